The summed E-state index contributed by atoms with van der Waals surface area (Å²) in [5.41, 5.74) is 4.49. The van der Waals surface area contributed by atoms with Gasteiger partial charge in [0.15, 0.2) is 0 Å². The highest BCUT2D eigenvalue weighted by Gasteiger charge is 2.42. The van der Waals surface area contributed by atoms with Crippen molar-refractivity contribution >= 4 is 81.5 Å². The van der Waals surface area contributed by atoms with E-state index in [9.17, 15) is 28.8 Å². The molecule has 116 heavy (non-hydrogen) atoms. The summed E-state index contributed by atoms with van der Waals surface area (Å²) in [4.78, 5) is 113. The molecule has 9 rings (SSSR count). The smallest absolute Gasteiger partial charge is 0.337 e. The van der Waals surface area contributed by atoms with Gasteiger partial charge in [-0.1, -0.05) is 151 Å². The molecule has 0 aromatic heterocycles. The number of anilines is 6. The highest BCUT2D eigenvalue weighted by Crippen LogP contribution is 2.53. The van der Waals surface area contributed by atoms with Crippen molar-refractivity contribution in [1.82, 2.24) is 0 Å². The largest absolute Gasteiger partial charge is 0.491 e. The molecule has 8 aromatic rings. The van der Waals surface area contributed by atoms with Crippen molar-refractivity contribution in [3.8, 4) is 46.0 Å². The van der Waals surface area contributed by atoms with E-state index in [1.165, 1.54) is 50.6 Å². The summed E-state index contributed by atoms with van der Waals surface area (Å²) in [5.74, 6) is -2.03. The number of ether oxygens (including phenoxy) is 9. The Balaban J connectivity index is 1.01. The van der Waals surface area contributed by atoms with Gasteiger partial charge in [0.2, 0.25) is 0 Å². The van der Waals surface area contributed by atoms with Gasteiger partial charge < -0.3 is 74.5 Å². The number of hydrogen-bond donors (Lipinski definition) is 6. The van der Waals surface area contributed by atoms with Gasteiger partial charge in [-0.3, -0.25) is 28.8 Å². The summed E-state index contributed by atoms with van der Waals surface area (Å²) in [7, 11) is 2.56. The number of fused-ring (bicyclic) bond motifs is 2. The maximum atomic E-state index is 15.5. The van der Waals surface area contributed by atoms with Gasteiger partial charge >= 0.3 is 11.9 Å². The molecule has 0 atom stereocenters. The van der Waals surface area contributed by atoms with E-state index in [0.29, 0.717) is 35.7 Å². The topological polar surface area (TPSA) is 292 Å². The second kappa shape index (κ2) is 37.6. The van der Waals surface area contributed by atoms with Crippen LogP contribution in [0.2, 0.25) is 0 Å². The lowest BCUT2D eigenvalue weighted by molar-refractivity contribution is 0.0591. The fraction of sp³-hybridized carbons (Fsp3) is 0.398. The molecule has 1 aliphatic heterocycles. The molecule has 0 aliphatic carbocycles. The van der Waals surface area contributed by atoms with E-state index < -0.39 is 63.6 Å². The Morgan fingerprint density at radius 1 is 0.310 bits per heavy atom. The number of esters is 2. The number of rotatable bonds is 32. The van der Waals surface area contributed by atoms with Gasteiger partial charge in [-0.15, -0.1) is 0 Å². The second-order valence-electron chi connectivity index (χ2n) is 34.2. The third kappa shape index (κ3) is 22.4. The van der Waals surface area contributed by atoms with Crippen molar-refractivity contribution < 1.29 is 81.0 Å². The van der Waals surface area contributed by atoms with Crippen LogP contribution in [0.5, 0.6) is 46.0 Å². The Morgan fingerprint density at radius 2 is 0.517 bits per heavy atom. The fourth-order valence-electron chi connectivity index (χ4n) is 12.1. The van der Waals surface area contributed by atoms with Crippen molar-refractivity contribution in [2.75, 3.05) is 85.8 Å². The van der Waals surface area contributed by atoms with Crippen LogP contribution in [0, 0.1) is 35.5 Å². The number of carbonyl (C=O) groups is 8. The molecule has 6 N–H and O–H groups in total. The third-order valence-corrected chi connectivity index (χ3v) is 18.7. The summed E-state index contributed by atoms with van der Waals surface area (Å²) in [6, 6.07) is 35.7. The van der Waals surface area contributed by atoms with Crippen LogP contribution < -0.4 is 65.1 Å². The van der Waals surface area contributed by atoms with Gasteiger partial charge in [0.1, 0.15) is 46.0 Å². The minimum absolute atomic E-state index is 0.0254. The zero-order chi connectivity index (χ0) is 85.0. The first-order valence-corrected chi connectivity index (χ1v) is 39.3. The average molecular weight is 1590 g/mol. The second-order valence-corrected chi connectivity index (χ2v) is 34.2. The maximum Gasteiger partial charge on any atom is 0.337 e. The number of nitrogens with one attached hydrogen (secondary N) is 6. The third-order valence-electron chi connectivity index (χ3n) is 18.7. The number of methoxy groups -OCH3 is 2. The molecule has 0 saturated heterocycles. The standard InChI is InChI=1S/C93H112N6O17/c1-51(2)45-110-75-35-57(85(102)96-71-33-27-61(89(106)108-21)39-79(71)114-49-55(9)10)23-29-69(75)94-83(100)59-25-31-73(77(37-59)112-47-53(5)6)98-87(104)65-41-63(91(13,14)15)43-67-81(65)116-82-66(42-64(92(16,17)18)44-68(82)93(67,19)20)88(105)99-74-32-26-60(38-78(74)113-48-54(7)8)84(101)95-70-30-24-58(36-76(70)111-46-52(3)4)86(103)97-72-34-28-62(90(107)109-22)40-80(72)115-50-56(11)12/h23-44,51-56H,45-50H2,1-22H3,(H,94,100)(H,95,101)(H,96,102)(H,97,103)(H,98,104)(H,99,105). The zero-order valence-corrected chi connectivity index (χ0v) is 70.8. The fourth-order valence-corrected chi connectivity index (χ4v) is 12.1. The summed E-state index contributed by atoms with van der Waals surface area (Å²) >= 11 is 0. The van der Waals surface area contributed by atoms with Crippen molar-refractivity contribution in [1.29, 1.82) is 0 Å². The normalized spacial score (nSPS) is 12.3. The Bertz CT molecular complexity index is 4690. The Morgan fingerprint density at radius 3 is 0.724 bits per heavy atom. The van der Waals surface area contributed by atoms with Crippen molar-refractivity contribution in [2.45, 2.75) is 155 Å². The number of amides is 6. The Kier molecular flexibility index (Phi) is 28.5. The van der Waals surface area contributed by atoms with Crippen LogP contribution in [0.3, 0.4) is 0 Å². The predicted octanol–water partition coefficient (Wildman–Crippen LogP) is 20.0. The van der Waals surface area contributed by atoms with E-state index in [2.05, 4.69) is 85.6 Å². The van der Waals surface area contributed by atoms with Gasteiger partial charge in [-0.2, -0.15) is 0 Å². The molecule has 23 nitrogen and oxygen atoms in total. The van der Waals surface area contributed by atoms with Gasteiger partial charge in [-0.05, 0) is 179 Å². The molecule has 6 amide bonds. The van der Waals surface area contributed by atoms with Crippen molar-refractivity contribution in [3.63, 3.8) is 0 Å². The lowest BCUT2D eigenvalue weighted by Crippen LogP contribution is -2.30. The molecule has 0 bridgehead atoms. The molecule has 1 aliphatic rings. The maximum absolute atomic E-state index is 15.5. The van der Waals surface area contributed by atoms with Crippen LogP contribution in [0.1, 0.15) is 244 Å². The van der Waals surface area contributed by atoms with Crippen molar-refractivity contribution in [2.24, 2.45) is 35.5 Å². The molecule has 0 spiro atoms. The van der Waals surface area contributed by atoms with Crippen LogP contribution in [0.25, 0.3) is 0 Å². The lowest BCUT2D eigenvalue weighted by atomic mass is 9.70. The number of hydrogen-bond acceptors (Lipinski definition) is 17. The molecule has 0 radical (unpaired) electrons. The summed E-state index contributed by atoms with van der Waals surface area (Å²) in [6.45, 7) is 41.7. The minimum Gasteiger partial charge on any atom is -0.491 e. The Hall–Kier alpha value is -11.9. The average Bonchev–Trinajstić information content (AvgIpc) is 0.716. The van der Waals surface area contributed by atoms with E-state index in [0.717, 1.165) is 11.1 Å². The predicted molar refractivity (Wildman–Crippen MR) is 454 cm³/mol. The van der Waals surface area contributed by atoms with Crippen LogP contribution in [-0.4, -0.2) is 101 Å². The lowest BCUT2D eigenvalue weighted by Gasteiger charge is -2.38. The summed E-state index contributed by atoms with van der Waals surface area (Å²) in [5, 5.41) is 18.0. The van der Waals surface area contributed by atoms with E-state index in [4.69, 9.17) is 42.6 Å². The van der Waals surface area contributed by atoms with Crippen LogP contribution >= 0.6 is 0 Å². The number of benzene rings is 8. The van der Waals surface area contributed by atoms with E-state index >= 15 is 9.59 Å². The first-order valence-electron chi connectivity index (χ1n) is 39.3. The molecular formula is C93H112N6O17. The molecule has 23 heteroatoms. The van der Waals surface area contributed by atoms with Crippen LogP contribution in [0.15, 0.2) is 133 Å². The highest BCUT2D eigenvalue weighted by molar-refractivity contribution is 6.13. The summed E-state index contributed by atoms with van der Waals surface area (Å²) in [6.07, 6.45) is 0. The monoisotopic (exact) mass is 1580 g/mol. The van der Waals surface area contributed by atoms with E-state index in [-0.39, 0.29) is 175 Å². The van der Waals surface area contributed by atoms with Gasteiger partial charge in [0.25, 0.3) is 35.4 Å². The minimum atomic E-state index is -0.907. The van der Waals surface area contributed by atoms with Crippen LogP contribution in [0.4, 0.5) is 34.1 Å². The molecule has 0 fully saturated rings. The molecular weight excluding hydrogens is 1470 g/mol. The molecule has 0 unspecified atom stereocenters. The van der Waals surface area contributed by atoms with E-state index in [1.54, 1.807) is 84.9 Å². The highest BCUT2D eigenvalue weighted by atomic mass is 16.5. The van der Waals surface area contributed by atoms with E-state index in [1.807, 2.05) is 96.9 Å². The molecule has 8 aromatic carbocycles. The zero-order valence-electron chi connectivity index (χ0n) is 70.8. The van der Waals surface area contributed by atoms with Crippen LogP contribution in [-0.2, 0) is 25.7 Å². The van der Waals surface area contributed by atoms with Crippen molar-refractivity contribution in [3.05, 3.63) is 200 Å². The van der Waals surface area contributed by atoms with Gasteiger partial charge in [-0.25, -0.2) is 9.59 Å². The Labute approximate surface area is 681 Å². The SMILES string of the molecule is COC(=O)c1ccc(NC(=O)c2ccc(NC(=O)c3ccc(NC(=O)c4cc(C(C)(C)C)cc5c4Oc4c(C(=O)Nc6ccc(C(=O)Nc7ccc(C(=O)Nc8ccc(C(=O)OC)cc8OCC(C)C)cc7OCC(C)C)cc6OCC(C)C)cc(C(C)(C)C)cc4C5(C)C)c(OCC(C)C)c3)c(OCC(C)C)c2)c(OCC(C)C)c1. The molecule has 616 valence electrons. The quantitative estimate of drug-likeness (QED) is 0.0214. The van der Waals surface area contributed by atoms with Gasteiger partial charge in [0, 0.05) is 38.8 Å². The van der Waals surface area contributed by atoms with Gasteiger partial charge in [0.05, 0.1) is 110 Å². The number of carbonyl (C=O) groups excluding carboxylic acids is 8. The summed E-state index contributed by atoms with van der Waals surface area (Å²) < 4.78 is 54.4. The molecule has 0 saturated carbocycles. The first-order chi connectivity index (χ1) is 54.6. The molecule has 1 heterocycles. The first kappa shape index (κ1) is 88.1.